The Kier molecular flexibility index (Phi) is 3.90. The van der Waals surface area contributed by atoms with Crippen LogP contribution in [0, 0.1) is 0 Å². The van der Waals surface area contributed by atoms with E-state index in [1.807, 2.05) is 24.8 Å². The number of aromatic nitrogens is 5. The zero-order valence-corrected chi connectivity index (χ0v) is 14.8. The Morgan fingerprint density at radius 3 is 2.44 bits per heavy atom. The number of fused-ring (bicyclic) bond motifs is 1. The SMILES string of the molecule is c1cc(N2CCN(c3ncnc4ccc(-c5cn[nH]c5)cc34)CC2)ccn1. The van der Waals surface area contributed by atoms with Crippen LogP contribution in [0.4, 0.5) is 11.5 Å². The standard InChI is InChI=1S/C20H19N7/c1-2-19-18(11-15(1)16-12-24-25-13-16)20(23-14-22-19)27-9-7-26(8-10-27)17-3-5-21-6-4-17/h1-6,11-14H,7-10H2,(H,24,25). The van der Waals surface area contributed by atoms with Gasteiger partial charge in [-0.2, -0.15) is 5.10 Å². The fourth-order valence-corrected chi connectivity index (χ4v) is 3.61. The van der Waals surface area contributed by atoms with Crippen LogP contribution in [-0.4, -0.2) is 51.3 Å². The molecular weight excluding hydrogens is 338 g/mol. The summed E-state index contributed by atoms with van der Waals surface area (Å²) in [5.41, 5.74) is 4.36. The van der Waals surface area contributed by atoms with Gasteiger partial charge in [0.15, 0.2) is 0 Å². The van der Waals surface area contributed by atoms with Gasteiger partial charge < -0.3 is 9.80 Å². The third kappa shape index (κ3) is 2.97. The van der Waals surface area contributed by atoms with Crippen molar-refractivity contribution in [3.63, 3.8) is 0 Å². The number of nitrogens with one attached hydrogen (secondary N) is 1. The van der Waals surface area contributed by atoms with Crippen molar-refractivity contribution in [3.05, 3.63) is 61.4 Å². The van der Waals surface area contributed by atoms with E-state index >= 15 is 0 Å². The molecule has 0 saturated carbocycles. The van der Waals surface area contributed by atoms with E-state index < -0.39 is 0 Å². The zero-order valence-electron chi connectivity index (χ0n) is 14.8. The zero-order chi connectivity index (χ0) is 18.1. The molecular formula is C20H19N7. The second kappa shape index (κ2) is 6.68. The van der Waals surface area contributed by atoms with E-state index in [-0.39, 0.29) is 0 Å². The fraction of sp³-hybridized carbons (Fsp3) is 0.200. The first-order valence-electron chi connectivity index (χ1n) is 9.02. The highest BCUT2D eigenvalue weighted by atomic mass is 15.3. The number of anilines is 2. The van der Waals surface area contributed by atoms with Crippen LogP contribution in [0.25, 0.3) is 22.0 Å². The summed E-state index contributed by atoms with van der Waals surface area (Å²) in [7, 11) is 0. The number of benzene rings is 1. The minimum atomic E-state index is 0.921. The lowest BCUT2D eigenvalue weighted by Crippen LogP contribution is -2.46. The molecule has 0 amide bonds. The number of nitrogens with zero attached hydrogens (tertiary/aromatic N) is 6. The smallest absolute Gasteiger partial charge is 0.140 e. The van der Waals surface area contributed by atoms with Gasteiger partial charge in [-0.25, -0.2) is 9.97 Å². The molecule has 0 spiro atoms. The molecule has 1 aliphatic rings. The number of pyridine rings is 1. The van der Waals surface area contributed by atoms with Crippen LogP contribution in [0.2, 0.25) is 0 Å². The molecule has 4 heterocycles. The van der Waals surface area contributed by atoms with E-state index in [9.17, 15) is 0 Å². The summed E-state index contributed by atoms with van der Waals surface area (Å²) in [6.07, 6.45) is 9.08. The molecule has 1 saturated heterocycles. The quantitative estimate of drug-likeness (QED) is 0.608. The van der Waals surface area contributed by atoms with E-state index in [0.717, 1.165) is 54.0 Å². The summed E-state index contributed by atoms with van der Waals surface area (Å²) < 4.78 is 0. The van der Waals surface area contributed by atoms with Gasteiger partial charge in [0.2, 0.25) is 0 Å². The summed E-state index contributed by atoms with van der Waals surface area (Å²) >= 11 is 0. The molecule has 7 nitrogen and oxygen atoms in total. The predicted octanol–water partition coefficient (Wildman–Crippen LogP) is 2.74. The van der Waals surface area contributed by atoms with Crippen molar-refractivity contribution in [1.82, 2.24) is 25.1 Å². The second-order valence-electron chi connectivity index (χ2n) is 6.60. The Hall–Kier alpha value is -3.48. The van der Waals surface area contributed by atoms with Crippen LogP contribution in [0.3, 0.4) is 0 Å². The molecule has 0 atom stereocenters. The number of H-pyrrole nitrogens is 1. The molecule has 3 aromatic heterocycles. The van der Waals surface area contributed by atoms with E-state index in [0.29, 0.717) is 0 Å². The Morgan fingerprint density at radius 2 is 1.67 bits per heavy atom. The summed E-state index contributed by atoms with van der Waals surface area (Å²) in [6.45, 7) is 3.75. The molecule has 4 aromatic rings. The summed E-state index contributed by atoms with van der Waals surface area (Å²) in [6, 6.07) is 10.4. The van der Waals surface area contributed by atoms with Crippen LogP contribution >= 0.6 is 0 Å². The van der Waals surface area contributed by atoms with Gasteiger partial charge in [-0.1, -0.05) is 6.07 Å². The number of aromatic amines is 1. The van der Waals surface area contributed by atoms with E-state index in [4.69, 9.17) is 0 Å². The molecule has 0 bridgehead atoms. The maximum absolute atomic E-state index is 4.61. The van der Waals surface area contributed by atoms with Crippen LogP contribution in [0.5, 0.6) is 0 Å². The van der Waals surface area contributed by atoms with Gasteiger partial charge in [-0.3, -0.25) is 10.1 Å². The number of hydrogen-bond acceptors (Lipinski definition) is 6. The van der Waals surface area contributed by atoms with Gasteiger partial charge in [-0.15, -0.1) is 0 Å². The molecule has 134 valence electrons. The van der Waals surface area contributed by atoms with E-state index in [2.05, 4.69) is 65.3 Å². The first kappa shape index (κ1) is 15.7. The van der Waals surface area contributed by atoms with Gasteiger partial charge in [0.05, 0.1) is 11.7 Å². The maximum Gasteiger partial charge on any atom is 0.140 e. The molecule has 0 radical (unpaired) electrons. The first-order valence-corrected chi connectivity index (χ1v) is 9.02. The molecule has 5 rings (SSSR count). The van der Waals surface area contributed by atoms with Crippen molar-refractivity contribution in [2.75, 3.05) is 36.0 Å². The average molecular weight is 357 g/mol. The van der Waals surface area contributed by atoms with Crippen LogP contribution in [0.15, 0.2) is 61.4 Å². The third-order valence-corrected chi connectivity index (χ3v) is 5.05. The summed E-state index contributed by atoms with van der Waals surface area (Å²) in [4.78, 5) is 17.9. The van der Waals surface area contributed by atoms with Crippen LogP contribution in [-0.2, 0) is 0 Å². The van der Waals surface area contributed by atoms with Crippen molar-refractivity contribution in [2.45, 2.75) is 0 Å². The monoisotopic (exact) mass is 357 g/mol. The van der Waals surface area contributed by atoms with Crippen LogP contribution in [0.1, 0.15) is 0 Å². The lowest BCUT2D eigenvalue weighted by Gasteiger charge is -2.37. The molecule has 0 unspecified atom stereocenters. The highest BCUT2D eigenvalue weighted by molar-refractivity contribution is 5.92. The minimum Gasteiger partial charge on any atom is -0.368 e. The largest absolute Gasteiger partial charge is 0.368 e. The van der Waals surface area contributed by atoms with E-state index in [1.165, 1.54) is 5.69 Å². The molecule has 1 fully saturated rings. The Labute approximate surface area is 156 Å². The number of rotatable bonds is 3. The minimum absolute atomic E-state index is 0.921. The van der Waals surface area contributed by atoms with Crippen molar-refractivity contribution < 1.29 is 0 Å². The lowest BCUT2D eigenvalue weighted by atomic mass is 10.1. The topological polar surface area (TPSA) is 73.8 Å². The number of hydrogen-bond donors (Lipinski definition) is 1. The highest BCUT2D eigenvalue weighted by Gasteiger charge is 2.20. The molecule has 1 aliphatic heterocycles. The Balaban J connectivity index is 1.44. The molecule has 0 aliphatic carbocycles. The predicted molar refractivity (Wildman–Crippen MR) is 106 cm³/mol. The van der Waals surface area contributed by atoms with Crippen molar-refractivity contribution in [2.24, 2.45) is 0 Å². The van der Waals surface area contributed by atoms with Gasteiger partial charge in [0.1, 0.15) is 12.1 Å². The molecule has 1 aromatic carbocycles. The lowest BCUT2D eigenvalue weighted by molar-refractivity contribution is 0.648. The van der Waals surface area contributed by atoms with Crippen LogP contribution < -0.4 is 9.80 Å². The fourth-order valence-electron chi connectivity index (χ4n) is 3.61. The van der Waals surface area contributed by atoms with Gasteiger partial charge >= 0.3 is 0 Å². The maximum atomic E-state index is 4.61. The molecule has 7 heteroatoms. The van der Waals surface area contributed by atoms with Crippen molar-refractivity contribution in [1.29, 1.82) is 0 Å². The summed E-state index contributed by atoms with van der Waals surface area (Å²) in [5.74, 6) is 1.000. The molecule has 27 heavy (non-hydrogen) atoms. The third-order valence-electron chi connectivity index (χ3n) is 5.05. The second-order valence-corrected chi connectivity index (χ2v) is 6.60. The van der Waals surface area contributed by atoms with E-state index in [1.54, 1.807) is 6.33 Å². The first-order chi connectivity index (χ1) is 13.4. The van der Waals surface area contributed by atoms with Crippen molar-refractivity contribution >= 4 is 22.4 Å². The number of piperazine rings is 1. The average Bonchev–Trinajstić information content (AvgIpc) is 3.29. The molecule has 1 N–H and O–H groups in total. The van der Waals surface area contributed by atoms with Gasteiger partial charge in [-0.05, 0) is 29.8 Å². The summed E-state index contributed by atoms with van der Waals surface area (Å²) in [5, 5.41) is 8.00. The normalized spacial score (nSPS) is 14.7. The van der Waals surface area contributed by atoms with Crippen molar-refractivity contribution in [3.8, 4) is 11.1 Å². The highest BCUT2D eigenvalue weighted by Crippen LogP contribution is 2.29. The Morgan fingerprint density at radius 1 is 0.852 bits per heavy atom. The van der Waals surface area contributed by atoms with Gasteiger partial charge in [0, 0.05) is 61.4 Å². The van der Waals surface area contributed by atoms with Gasteiger partial charge in [0.25, 0.3) is 0 Å². The Bertz CT molecular complexity index is 1040.